The summed E-state index contributed by atoms with van der Waals surface area (Å²) in [6, 6.07) is 3.83. The molecule has 0 aliphatic heterocycles. The summed E-state index contributed by atoms with van der Waals surface area (Å²) in [5.41, 5.74) is 0. The molecule has 1 heterocycles. The van der Waals surface area contributed by atoms with Crippen LogP contribution in [0.5, 0.6) is 0 Å². The molecular weight excluding hydrogens is 286 g/mol. The number of halogens is 1. The largest absolute Gasteiger partial charge is 0.296 e. The van der Waals surface area contributed by atoms with E-state index in [0.717, 1.165) is 34.6 Å². The van der Waals surface area contributed by atoms with E-state index in [9.17, 15) is 4.79 Å². The molecule has 0 saturated heterocycles. The molecule has 1 rings (SSSR count). The lowest BCUT2D eigenvalue weighted by molar-refractivity contribution is 0.0934. The number of Topliss-reactive ketones (excluding diaryl/α,β-unsaturated/α-hetero) is 1. The van der Waals surface area contributed by atoms with E-state index in [1.54, 1.807) is 0 Å². The van der Waals surface area contributed by atoms with Gasteiger partial charge in [0.05, 0.1) is 15.2 Å². The van der Waals surface area contributed by atoms with Crippen molar-refractivity contribution in [2.24, 2.45) is 0 Å². The number of carbonyl (C=O) groups excluding carboxylic acids is 1. The Morgan fingerprint density at radius 2 is 1.94 bits per heavy atom. The fourth-order valence-electron chi connectivity index (χ4n) is 1.65. The van der Waals surface area contributed by atoms with Crippen LogP contribution in [-0.2, 0) is 0 Å². The number of rotatable bonds is 7. The molecule has 0 unspecified atom stereocenters. The minimum absolute atomic E-state index is 0.234. The Hall–Kier alpha value is -0.190. The molecular formula is C12H18BrNOS. The zero-order chi connectivity index (χ0) is 12.0. The molecule has 0 spiro atoms. The lowest BCUT2D eigenvalue weighted by Gasteiger charge is -2.19. The molecule has 0 atom stereocenters. The normalized spacial score (nSPS) is 11.0. The Morgan fingerprint density at radius 1 is 1.31 bits per heavy atom. The molecule has 0 N–H and O–H groups in total. The molecule has 0 radical (unpaired) electrons. The summed E-state index contributed by atoms with van der Waals surface area (Å²) < 4.78 is 1.02. The van der Waals surface area contributed by atoms with Crippen molar-refractivity contribution in [3.05, 3.63) is 20.8 Å². The Labute approximate surface area is 110 Å². The maximum atomic E-state index is 12.0. The molecule has 1 aromatic heterocycles. The average molecular weight is 304 g/mol. The van der Waals surface area contributed by atoms with Gasteiger partial charge in [-0.1, -0.05) is 13.8 Å². The van der Waals surface area contributed by atoms with Gasteiger partial charge in [0.1, 0.15) is 0 Å². The summed E-state index contributed by atoms with van der Waals surface area (Å²) in [5.74, 6) is 0.234. The molecule has 0 bridgehead atoms. The van der Waals surface area contributed by atoms with Gasteiger partial charge in [0, 0.05) is 0 Å². The number of ketones is 1. The van der Waals surface area contributed by atoms with Crippen LogP contribution in [0, 0.1) is 0 Å². The summed E-state index contributed by atoms with van der Waals surface area (Å²) in [4.78, 5) is 15.0. The second-order valence-electron chi connectivity index (χ2n) is 3.80. The maximum Gasteiger partial charge on any atom is 0.186 e. The van der Waals surface area contributed by atoms with E-state index in [1.807, 2.05) is 12.1 Å². The lowest BCUT2D eigenvalue weighted by atomic mass is 10.2. The van der Waals surface area contributed by atoms with Crippen molar-refractivity contribution in [2.45, 2.75) is 26.7 Å². The predicted molar refractivity (Wildman–Crippen MR) is 73.4 cm³/mol. The van der Waals surface area contributed by atoms with E-state index in [0.29, 0.717) is 6.54 Å². The molecule has 1 aromatic rings. The van der Waals surface area contributed by atoms with E-state index in [1.165, 1.54) is 11.3 Å². The Kier molecular flexibility index (Phi) is 6.24. The van der Waals surface area contributed by atoms with Gasteiger partial charge in [0.25, 0.3) is 0 Å². The quantitative estimate of drug-likeness (QED) is 0.714. The van der Waals surface area contributed by atoms with Crippen molar-refractivity contribution < 1.29 is 4.79 Å². The first kappa shape index (κ1) is 13.9. The van der Waals surface area contributed by atoms with Gasteiger partial charge < -0.3 is 0 Å². The van der Waals surface area contributed by atoms with E-state index in [4.69, 9.17) is 0 Å². The molecule has 0 saturated carbocycles. The molecule has 2 nitrogen and oxygen atoms in total. The van der Waals surface area contributed by atoms with Crippen LogP contribution in [0.15, 0.2) is 15.9 Å². The van der Waals surface area contributed by atoms with E-state index in [2.05, 4.69) is 34.7 Å². The van der Waals surface area contributed by atoms with Crippen molar-refractivity contribution in [1.82, 2.24) is 4.90 Å². The van der Waals surface area contributed by atoms with Gasteiger partial charge in [-0.3, -0.25) is 9.69 Å². The zero-order valence-electron chi connectivity index (χ0n) is 9.83. The van der Waals surface area contributed by atoms with Gasteiger partial charge in [-0.2, -0.15) is 0 Å². The van der Waals surface area contributed by atoms with Gasteiger partial charge >= 0.3 is 0 Å². The van der Waals surface area contributed by atoms with Crippen molar-refractivity contribution in [2.75, 3.05) is 19.6 Å². The Bertz CT molecular complexity index is 332. The third kappa shape index (κ3) is 4.36. The smallest absolute Gasteiger partial charge is 0.186 e. The molecule has 0 amide bonds. The summed E-state index contributed by atoms with van der Waals surface area (Å²) in [5, 5.41) is 0. The highest BCUT2D eigenvalue weighted by atomic mass is 79.9. The Morgan fingerprint density at radius 3 is 2.38 bits per heavy atom. The lowest BCUT2D eigenvalue weighted by Crippen LogP contribution is -2.31. The standard InChI is InChI=1S/C12H18BrNOS/c1-3-7-14(8-4-2)9-10(15)11-5-6-12(13)16-11/h5-6H,3-4,7-9H2,1-2H3. The minimum Gasteiger partial charge on any atom is -0.296 e. The summed E-state index contributed by atoms with van der Waals surface area (Å²) >= 11 is 4.90. The van der Waals surface area contributed by atoms with Gasteiger partial charge in [-0.05, 0) is 54.0 Å². The molecule has 90 valence electrons. The van der Waals surface area contributed by atoms with Crippen LogP contribution in [0.4, 0.5) is 0 Å². The molecule has 4 heteroatoms. The van der Waals surface area contributed by atoms with E-state index in [-0.39, 0.29) is 5.78 Å². The van der Waals surface area contributed by atoms with Crippen molar-refractivity contribution in [1.29, 1.82) is 0 Å². The number of thiophene rings is 1. The van der Waals surface area contributed by atoms with Gasteiger partial charge in [0.15, 0.2) is 5.78 Å². The van der Waals surface area contributed by atoms with E-state index < -0.39 is 0 Å². The molecule has 16 heavy (non-hydrogen) atoms. The SMILES string of the molecule is CCCN(CCC)CC(=O)c1ccc(Br)s1. The number of carbonyl (C=O) groups is 1. The first-order chi connectivity index (χ1) is 7.67. The highest BCUT2D eigenvalue weighted by Crippen LogP contribution is 2.22. The first-order valence-corrected chi connectivity index (χ1v) is 7.29. The van der Waals surface area contributed by atoms with Crippen LogP contribution in [0.25, 0.3) is 0 Å². The van der Waals surface area contributed by atoms with Crippen molar-refractivity contribution >= 4 is 33.0 Å². The van der Waals surface area contributed by atoms with Crippen molar-refractivity contribution in [3.63, 3.8) is 0 Å². The number of hydrogen-bond acceptors (Lipinski definition) is 3. The van der Waals surface area contributed by atoms with Crippen LogP contribution in [0.2, 0.25) is 0 Å². The second kappa shape index (κ2) is 7.20. The van der Waals surface area contributed by atoms with Crippen LogP contribution in [-0.4, -0.2) is 30.3 Å². The van der Waals surface area contributed by atoms with Crippen LogP contribution in [0.3, 0.4) is 0 Å². The predicted octanol–water partition coefficient (Wildman–Crippen LogP) is 3.82. The number of hydrogen-bond donors (Lipinski definition) is 0. The average Bonchev–Trinajstić information content (AvgIpc) is 2.65. The second-order valence-corrected chi connectivity index (χ2v) is 6.27. The third-order valence-electron chi connectivity index (χ3n) is 2.29. The highest BCUT2D eigenvalue weighted by molar-refractivity contribution is 9.11. The Balaban J connectivity index is 2.54. The van der Waals surface area contributed by atoms with Gasteiger partial charge in [-0.15, -0.1) is 11.3 Å². The monoisotopic (exact) mass is 303 g/mol. The minimum atomic E-state index is 0.234. The first-order valence-electron chi connectivity index (χ1n) is 5.68. The maximum absolute atomic E-state index is 12.0. The molecule has 0 fully saturated rings. The van der Waals surface area contributed by atoms with Crippen LogP contribution >= 0.6 is 27.3 Å². The topological polar surface area (TPSA) is 20.3 Å². The van der Waals surface area contributed by atoms with Crippen LogP contribution < -0.4 is 0 Å². The van der Waals surface area contributed by atoms with Crippen LogP contribution in [0.1, 0.15) is 36.4 Å². The third-order valence-corrected chi connectivity index (χ3v) is 3.96. The molecule has 0 aromatic carbocycles. The fraction of sp³-hybridized carbons (Fsp3) is 0.583. The fourth-order valence-corrected chi connectivity index (χ4v) is 2.96. The summed E-state index contributed by atoms with van der Waals surface area (Å²) in [6.45, 7) is 6.86. The molecule has 0 aliphatic rings. The van der Waals surface area contributed by atoms with Gasteiger partial charge in [-0.25, -0.2) is 0 Å². The summed E-state index contributed by atoms with van der Waals surface area (Å²) in [7, 11) is 0. The summed E-state index contributed by atoms with van der Waals surface area (Å²) in [6.07, 6.45) is 2.20. The van der Waals surface area contributed by atoms with Crippen molar-refractivity contribution in [3.8, 4) is 0 Å². The highest BCUT2D eigenvalue weighted by Gasteiger charge is 2.12. The molecule has 0 aliphatic carbocycles. The number of nitrogens with zero attached hydrogens (tertiary/aromatic N) is 1. The van der Waals surface area contributed by atoms with E-state index >= 15 is 0 Å². The van der Waals surface area contributed by atoms with Gasteiger partial charge in [0.2, 0.25) is 0 Å². The zero-order valence-corrected chi connectivity index (χ0v) is 12.2.